The number of H-pyrrole nitrogens is 1. The van der Waals surface area contributed by atoms with Gasteiger partial charge in [0.15, 0.2) is 0 Å². The molecule has 3 aliphatic heterocycles. The lowest BCUT2D eigenvalue weighted by Crippen LogP contribution is -2.61. The molecule has 0 aliphatic carbocycles. The highest BCUT2D eigenvalue weighted by Crippen LogP contribution is 2.32. The van der Waals surface area contributed by atoms with Crippen LogP contribution in [0.25, 0.3) is 10.9 Å². The maximum Gasteiger partial charge on any atom is 0.328 e. The van der Waals surface area contributed by atoms with Gasteiger partial charge < -0.3 is 36.3 Å². The number of ether oxygens (including phenoxy) is 1. The van der Waals surface area contributed by atoms with Gasteiger partial charge >= 0.3 is 5.97 Å². The van der Waals surface area contributed by atoms with Crippen molar-refractivity contribution < 1.29 is 33.5 Å². The Bertz CT molecular complexity index is 1520. The smallest absolute Gasteiger partial charge is 0.328 e. The molecule has 4 bridgehead atoms. The molecule has 13 nitrogen and oxygen atoms in total. The molecule has 1 saturated heterocycles. The number of carbonyl (C=O) groups excluding carboxylic acids is 6. The van der Waals surface area contributed by atoms with Gasteiger partial charge in [-0.1, -0.05) is 60.1 Å². The molecule has 6 N–H and O–H groups in total. The van der Waals surface area contributed by atoms with Crippen LogP contribution in [0.3, 0.4) is 0 Å². The van der Waals surface area contributed by atoms with Gasteiger partial charge in [0.1, 0.15) is 30.2 Å². The first kappa shape index (κ1) is 35.4. The first-order valence-corrected chi connectivity index (χ1v) is 16.4. The first-order chi connectivity index (χ1) is 22.2. The van der Waals surface area contributed by atoms with Crippen molar-refractivity contribution in [1.29, 1.82) is 0 Å². The monoisotopic (exact) mass is 652 g/mol. The Kier molecular flexibility index (Phi) is 11.3. The molecule has 0 saturated carbocycles. The summed E-state index contributed by atoms with van der Waals surface area (Å²) in [5.41, 5.74) is 2.27. The van der Waals surface area contributed by atoms with E-state index in [4.69, 9.17) is 4.74 Å². The maximum atomic E-state index is 14.3. The summed E-state index contributed by atoms with van der Waals surface area (Å²) in [4.78, 5) is 83.3. The van der Waals surface area contributed by atoms with E-state index in [1.54, 1.807) is 20.0 Å². The lowest BCUT2D eigenvalue weighted by molar-refractivity contribution is -0.145. The van der Waals surface area contributed by atoms with Crippen LogP contribution in [0.4, 0.5) is 0 Å². The van der Waals surface area contributed by atoms with E-state index in [0.29, 0.717) is 12.8 Å². The van der Waals surface area contributed by atoms with Crippen LogP contribution in [0.1, 0.15) is 77.8 Å². The summed E-state index contributed by atoms with van der Waals surface area (Å²) in [7, 11) is 1.25. The first-order valence-electron chi connectivity index (χ1n) is 16.4. The Hall–Kier alpha value is -4.42. The molecule has 3 aliphatic rings. The lowest BCUT2D eigenvalue weighted by Gasteiger charge is -2.34. The number of benzene rings is 1. The number of fused-ring (bicyclic) bond motifs is 12. The summed E-state index contributed by atoms with van der Waals surface area (Å²) in [5, 5.41) is 14.9. The van der Waals surface area contributed by atoms with Gasteiger partial charge in [0, 0.05) is 35.9 Å². The van der Waals surface area contributed by atoms with Gasteiger partial charge in [-0.15, -0.1) is 0 Å². The van der Waals surface area contributed by atoms with Crippen LogP contribution in [0, 0.1) is 17.8 Å². The molecule has 0 spiro atoms. The van der Waals surface area contributed by atoms with Gasteiger partial charge in [-0.25, -0.2) is 4.79 Å². The Morgan fingerprint density at radius 2 is 1.57 bits per heavy atom. The van der Waals surface area contributed by atoms with Crippen molar-refractivity contribution in [2.75, 3.05) is 7.11 Å². The number of rotatable bonds is 7. The van der Waals surface area contributed by atoms with Crippen molar-refractivity contribution in [2.45, 2.75) is 103 Å². The van der Waals surface area contributed by atoms with Gasteiger partial charge in [-0.05, 0) is 41.4 Å². The molecule has 0 radical (unpaired) electrons. The van der Waals surface area contributed by atoms with Crippen molar-refractivity contribution in [3.8, 4) is 0 Å². The van der Waals surface area contributed by atoms with E-state index in [1.165, 1.54) is 7.11 Å². The van der Waals surface area contributed by atoms with Crippen molar-refractivity contribution >= 4 is 46.4 Å². The van der Waals surface area contributed by atoms with E-state index in [1.807, 2.05) is 45.9 Å². The van der Waals surface area contributed by atoms with Gasteiger partial charge in [0.05, 0.1) is 7.11 Å². The summed E-state index contributed by atoms with van der Waals surface area (Å²) in [5.74, 6) is -4.40. The van der Waals surface area contributed by atoms with Crippen LogP contribution in [0.5, 0.6) is 0 Å². The number of hydrogen-bond acceptors (Lipinski definition) is 7. The summed E-state index contributed by atoms with van der Waals surface area (Å²) >= 11 is 0. The summed E-state index contributed by atoms with van der Waals surface area (Å²) in [6.07, 6.45) is 2.95. The Labute approximate surface area is 275 Å². The number of amides is 5. The fourth-order valence-electron chi connectivity index (χ4n) is 6.47. The zero-order chi connectivity index (χ0) is 34.6. The van der Waals surface area contributed by atoms with Crippen LogP contribution in [-0.2, 0) is 39.9 Å². The number of aromatic amines is 1. The minimum atomic E-state index is -1.10. The summed E-state index contributed by atoms with van der Waals surface area (Å²) in [6, 6.07) is 0.708. The quantitative estimate of drug-likeness (QED) is 0.193. The third-order valence-electron chi connectivity index (χ3n) is 9.41. The molecule has 47 heavy (non-hydrogen) atoms. The second-order valence-corrected chi connectivity index (χ2v) is 13.4. The summed E-state index contributed by atoms with van der Waals surface area (Å²) in [6.45, 7) is 11.2. The van der Waals surface area contributed by atoms with E-state index in [0.717, 1.165) is 22.0 Å². The molecule has 4 heterocycles. The molecule has 5 amide bonds. The van der Waals surface area contributed by atoms with Crippen molar-refractivity contribution in [1.82, 2.24) is 31.6 Å². The van der Waals surface area contributed by atoms with E-state index >= 15 is 0 Å². The fraction of sp³-hybridized carbons (Fsp3) is 0.588. The van der Waals surface area contributed by atoms with Crippen LogP contribution in [-0.4, -0.2) is 77.8 Å². The second-order valence-electron chi connectivity index (χ2n) is 13.4. The molecular weight excluding hydrogens is 604 g/mol. The molecule has 1 aromatic carbocycles. The fourth-order valence-corrected chi connectivity index (χ4v) is 6.47. The molecule has 2 aromatic rings. The SMILES string of the molecule is CC[C@H](C)[C@@H]1NC(=O)[C@@H](NC(=O)[C@@H]2CCC(=O)N2)[C@@H](C(C)C)c2ccc3c(c[nH]c3c2)C[C@@H](C(=O)OC)NC(=O)[C@H](C(C)C)NC1=O. The molecular formula is C34H48N6O7. The minimum Gasteiger partial charge on any atom is -0.467 e. The topological polar surface area (TPSA) is 188 Å². The average molecular weight is 653 g/mol. The highest BCUT2D eigenvalue weighted by atomic mass is 16.5. The number of nitrogens with one attached hydrogen (secondary N) is 6. The number of aromatic nitrogens is 1. The van der Waals surface area contributed by atoms with Crippen LogP contribution in [0.2, 0.25) is 0 Å². The van der Waals surface area contributed by atoms with E-state index < -0.39 is 65.7 Å². The van der Waals surface area contributed by atoms with Crippen molar-refractivity contribution in [3.05, 3.63) is 35.5 Å². The van der Waals surface area contributed by atoms with Crippen LogP contribution in [0.15, 0.2) is 24.4 Å². The standard InChI is InChI=1S/C34H48N6O7/c1-8-18(6)28-32(44)38-27(17(4)5)31(43)37-24(34(46)47-7)14-20-15-35-23-13-19(9-10-21(20)23)26(16(2)3)29(33(45)39-28)40-30(42)22-11-12-25(41)36-22/h9-10,13,15-18,22,24,26-29,35H,8,11-12,14H2,1-7H3,(H,36,41)(H,37,43)(H,38,44)(H,39,45)(H,40,42)/t18-,22-,24-,26-,27-,28-,29-/m0/s1. The third kappa shape index (κ3) is 7.94. The van der Waals surface area contributed by atoms with Crippen LogP contribution >= 0.6 is 0 Å². The molecule has 1 aromatic heterocycles. The predicted molar refractivity (Wildman–Crippen MR) is 175 cm³/mol. The molecule has 1 fully saturated rings. The number of methoxy groups -OCH3 is 1. The predicted octanol–water partition coefficient (Wildman–Crippen LogP) is 1.56. The van der Waals surface area contributed by atoms with E-state index in [2.05, 4.69) is 31.6 Å². The largest absolute Gasteiger partial charge is 0.467 e. The summed E-state index contributed by atoms with van der Waals surface area (Å²) < 4.78 is 5.02. The van der Waals surface area contributed by atoms with Gasteiger partial charge in [-0.2, -0.15) is 0 Å². The molecule has 256 valence electrons. The highest BCUT2D eigenvalue weighted by Gasteiger charge is 2.40. The minimum absolute atomic E-state index is 0.130. The highest BCUT2D eigenvalue weighted by molar-refractivity contribution is 5.97. The van der Waals surface area contributed by atoms with E-state index in [-0.39, 0.29) is 36.5 Å². The zero-order valence-corrected chi connectivity index (χ0v) is 28.2. The molecule has 5 rings (SSSR count). The number of hydrogen-bond donors (Lipinski definition) is 6. The Morgan fingerprint density at radius 3 is 2.17 bits per heavy atom. The lowest BCUT2D eigenvalue weighted by atomic mass is 9.81. The van der Waals surface area contributed by atoms with Crippen molar-refractivity contribution in [3.63, 3.8) is 0 Å². The number of carbonyl (C=O) groups is 6. The van der Waals surface area contributed by atoms with Gasteiger partial charge in [0.2, 0.25) is 29.5 Å². The van der Waals surface area contributed by atoms with Crippen LogP contribution < -0.4 is 26.6 Å². The Balaban J connectivity index is 1.86. The Morgan fingerprint density at radius 1 is 0.894 bits per heavy atom. The zero-order valence-electron chi connectivity index (χ0n) is 28.2. The van der Waals surface area contributed by atoms with Gasteiger partial charge in [-0.3, -0.25) is 24.0 Å². The molecule has 13 heteroatoms. The van der Waals surface area contributed by atoms with Gasteiger partial charge in [0.25, 0.3) is 0 Å². The van der Waals surface area contributed by atoms with E-state index in [9.17, 15) is 28.8 Å². The molecule has 7 atom stereocenters. The normalized spacial score (nSPS) is 26.5. The number of esters is 1. The average Bonchev–Trinajstić information content (AvgIpc) is 3.65. The maximum absolute atomic E-state index is 14.3. The third-order valence-corrected chi connectivity index (χ3v) is 9.41. The van der Waals surface area contributed by atoms with Crippen molar-refractivity contribution in [2.24, 2.45) is 17.8 Å². The molecule has 0 unspecified atom stereocenters. The second kappa shape index (κ2) is 15.0.